The van der Waals surface area contributed by atoms with Crippen LogP contribution < -0.4 is 21.3 Å². The number of nitrogens with one attached hydrogen (secondary N) is 4. The molecule has 0 aliphatic heterocycles. The fraction of sp³-hybridized carbons (Fsp3) is 0.923. The van der Waals surface area contributed by atoms with Crippen molar-refractivity contribution in [2.75, 3.05) is 26.2 Å². The van der Waals surface area contributed by atoms with Gasteiger partial charge in [-0.05, 0) is 73.0 Å². The summed E-state index contributed by atoms with van der Waals surface area (Å²) in [6, 6.07) is 0. The van der Waals surface area contributed by atoms with Crippen LogP contribution in [0.3, 0.4) is 0 Å². The molecule has 4 amide bonds. The van der Waals surface area contributed by atoms with E-state index in [4.69, 9.17) is 0 Å². The average Bonchev–Trinajstić information content (AvgIpc) is 3.24. The Hall–Kier alpha value is -2.12. The normalized spacial score (nSPS) is 16.7. The maximum Gasteiger partial charge on any atom is 0.224 e. The number of unbranched alkanes of at least 4 members (excludes halogenated alkanes) is 4. The molecule has 10 unspecified atom stereocenters. The lowest BCUT2D eigenvalue weighted by Gasteiger charge is -2.28. The van der Waals surface area contributed by atoms with E-state index in [0.29, 0.717) is 61.7 Å². The van der Waals surface area contributed by atoms with E-state index in [0.717, 1.165) is 51.4 Å². The minimum absolute atomic E-state index is 0.129. The Bertz CT molecular complexity index is 1020. The molecule has 0 radical (unpaired) electrons. The summed E-state index contributed by atoms with van der Waals surface area (Å²) < 4.78 is 0. The molecule has 0 aromatic heterocycles. The SMILES string of the molecule is CCCCC(CC)CC(C)CNC(=O)CC(C(=O)NCC(C)CC(CC)CCCC)C(CC(=O)NCC(C)CC(CC)CCCC)C(=O)NCC(C)CC(CC)CCCC. The van der Waals surface area contributed by atoms with Gasteiger partial charge < -0.3 is 21.3 Å². The predicted molar refractivity (Wildman–Crippen MR) is 257 cm³/mol. The minimum atomic E-state index is -0.965. The van der Waals surface area contributed by atoms with E-state index >= 15 is 0 Å². The van der Waals surface area contributed by atoms with Crippen molar-refractivity contribution in [3.63, 3.8) is 0 Å². The number of rotatable bonds is 39. The van der Waals surface area contributed by atoms with E-state index in [1.165, 1.54) is 77.0 Å². The second-order valence-electron chi connectivity index (χ2n) is 19.7. The van der Waals surface area contributed by atoms with Crippen LogP contribution in [0.1, 0.15) is 224 Å². The Morgan fingerprint density at radius 2 is 0.600 bits per heavy atom. The van der Waals surface area contributed by atoms with Crippen LogP contribution in [0, 0.1) is 59.2 Å². The first-order valence-electron chi connectivity index (χ1n) is 25.8. The molecule has 0 heterocycles. The standard InChI is InChI=1S/C52H102N4O4/c1-13-21-25-43(17-5)29-39(9)35-53-49(57)33-47(51(59)55-37-41(11)31-45(19-7)27-23-15-3)48(52(60)56-38-42(12)32-46(20-8)28-24-16-4)34-50(58)54-36-40(10)30-44(18-6)26-22-14-2/h39-48H,13-38H2,1-12H3,(H,53,57)(H,54,58)(H,55,59)(H,56,60). The van der Waals surface area contributed by atoms with Crippen LogP contribution in [0.15, 0.2) is 0 Å². The monoisotopic (exact) mass is 847 g/mol. The molecule has 8 heteroatoms. The van der Waals surface area contributed by atoms with Crippen LogP contribution in [0.5, 0.6) is 0 Å². The summed E-state index contributed by atoms with van der Waals surface area (Å²) >= 11 is 0. The van der Waals surface area contributed by atoms with E-state index in [-0.39, 0.29) is 48.3 Å². The van der Waals surface area contributed by atoms with E-state index in [1.54, 1.807) is 0 Å². The molecule has 0 spiro atoms. The highest BCUT2D eigenvalue weighted by atomic mass is 16.2. The fourth-order valence-corrected chi connectivity index (χ4v) is 9.30. The van der Waals surface area contributed by atoms with Gasteiger partial charge in [0.15, 0.2) is 0 Å². The van der Waals surface area contributed by atoms with E-state index in [2.05, 4.69) is 104 Å². The molecule has 0 aliphatic carbocycles. The largest absolute Gasteiger partial charge is 0.356 e. The highest BCUT2D eigenvalue weighted by Gasteiger charge is 2.37. The quantitative estimate of drug-likeness (QED) is 0.0493. The molecular weight excluding hydrogens is 745 g/mol. The second kappa shape index (κ2) is 36.4. The van der Waals surface area contributed by atoms with Gasteiger partial charge in [0, 0.05) is 39.0 Å². The van der Waals surface area contributed by atoms with Gasteiger partial charge in [-0.3, -0.25) is 19.2 Å². The number of carbonyl (C=O) groups is 4. The molecule has 0 rings (SSSR count). The van der Waals surface area contributed by atoms with Crippen molar-refractivity contribution in [3.8, 4) is 0 Å². The third kappa shape index (κ3) is 27.7. The third-order valence-electron chi connectivity index (χ3n) is 13.6. The third-order valence-corrected chi connectivity index (χ3v) is 13.6. The van der Waals surface area contributed by atoms with Crippen LogP contribution in [0.2, 0.25) is 0 Å². The molecule has 0 bridgehead atoms. The summed E-state index contributed by atoms with van der Waals surface area (Å²) in [5.41, 5.74) is 0. The Labute approximate surface area is 372 Å². The summed E-state index contributed by atoms with van der Waals surface area (Å²) in [5, 5.41) is 12.6. The molecule has 4 N–H and O–H groups in total. The zero-order valence-electron chi connectivity index (χ0n) is 41.8. The number of hydrogen-bond acceptors (Lipinski definition) is 4. The van der Waals surface area contributed by atoms with E-state index in [9.17, 15) is 19.2 Å². The molecule has 0 aromatic carbocycles. The van der Waals surface area contributed by atoms with Crippen molar-refractivity contribution < 1.29 is 19.2 Å². The molecule has 0 fully saturated rings. The Morgan fingerprint density at radius 3 is 0.817 bits per heavy atom. The van der Waals surface area contributed by atoms with Gasteiger partial charge in [-0.25, -0.2) is 0 Å². The maximum absolute atomic E-state index is 14.4. The van der Waals surface area contributed by atoms with Gasteiger partial charge in [0.25, 0.3) is 0 Å². The zero-order valence-corrected chi connectivity index (χ0v) is 41.8. The lowest BCUT2D eigenvalue weighted by atomic mass is 9.83. The molecule has 60 heavy (non-hydrogen) atoms. The smallest absolute Gasteiger partial charge is 0.224 e. The zero-order chi connectivity index (χ0) is 45.3. The lowest BCUT2D eigenvalue weighted by molar-refractivity contribution is -0.140. The maximum atomic E-state index is 14.4. The van der Waals surface area contributed by atoms with Crippen LogP contribution in [-0.4, -0.2) is 49.8 Å². The Balaban J connectivity index is 6.41. The highest BCUT2D eigenvalue weighted by Crippen LogP contribution is 2.27. The number of hydrogen-bond donors (Lipinski definition) is 4. The van der Waals surface area contributed by atoms with Crippen molar-refractivity contribution in [2.45, 2.75) is 224 Å². The van der Waals surface area contributed by atoms with Gasteiger partial charge in [0.1, 0.15) is 0 Å². The average molecular weight is 847 g/mol. The van der Waals surface area contributed by atoms with E-state index < -0.39 is 11.8 Å². The van der Waals surface area contributed by atoms with Crippen LogP contribution >= 0.6 is 0 Å². The van der Waals surface area contributed by atoms with E-state index in [1.807, 2.05) is 0 Å². The molecule has 0 saturated carbocycles. The molecule has 354 valence electrons. The van der Waals surface area contributed by atoms with Crippen LogP contribution in [0.4, 0.5) is 0 Å². The number of amides is 4. The Kier molecular flexibility index (Phi) is 35.1. The van der Waals surface area contributed by atoms with Crippen LogP contribution in [0.25, 0.3) is 0 Å². The first-order chi connectivity index (χ1) is 28.7. The van der Waals surface area contributed by atoms with Crippen LogP contribution in [-0.2, 0) is 19.2 Å². The van der Waals surface area contributed by atoms with Gasteiger partial charge in [0.05, 0.1) is 11.8 Å². The molecule has 10 atom stereocenters. The molecule has 0 aromatic rings. The van der Waals surface area contributed by atoms with Crippen molar-refractivity contribution >= 4 is 23.6 Å². The second-order valence-corrected chi connectivity index (χ2v) is 19.7. The first kappa shape index (κ1) is 57.9. The first-order valence-corrected chi connectivity index (χ1v) is 25.8. The van der Waals surface area contributed by atoms with Crippen molar-refractivity contribution in [1.29, 1.82) is 0 Å². The summed E-state index contributed by atoms with van der Waals surface area (Å²) in [4.78, 5) is 56.4. The van der Waals surface area contributed by atoms with Crippen molar-refractivity contribution in [3.05, 3.63) is 0 Å². The van der Waals surface area contributed by atoms with Gasteiger partial charge >= 0.3 is 0 Å². The molecule has 8 nitrogen and oxygen atoms in total. The Morgan fingerprint density at radius 1 is 0.367 bits per heavy atom. The summed E-state index contributed by atoms with van der Waals surface area (Å²) in [7, 11) is 0. The minimum Gasteiger partial charge on any atom is -0.356 e. The van der Waals surface area contributed by atoms with Gasteiger partial charge in [0.2, 0.25) is 23.6 Å². The molecule has 0 aliphatic rings. The van der Waals surface area contributed by atoms with Crippen molar-refractivity contribution in [2.24, 2.45) is 59.2 Å². The lowest BCUT2D eigenvalue weighted by Crippen LogP contribution is -2.47. The van der Waals surface area contributed by atoms with Gasteiger partial charge in [-0.2, -0.15) is 0 Å². The molecular formula is C52H102N4O4. The predicted octanol–water partition coefficient (Wildman–Crippen LogP) is 12.4. The van der Waals surface area contributed by atoms with Gasteiger partial charge in [-0.1, -0.05) is 186 Å². The molecule has 0 saturated heterocycles. The van der Waals surface area contributed by atoms with Gasteiger partial charge in [-0.15, -0.1) is 0 Å². The summed E-state index contributed by atoms with van der Waals surface area (Å²) in [6.45, 7) is 28.6. The number of carbonyl (C=O) groups excluding carboxylic acids is 4. The fourth-order valence-electron chi connectivity index (χ4n) is 9.30. The summed E-state index contributed by atoms with van der Waals surface area (Å²) in [5.74, 6) is 0.577. The highest BCUT2D eigenvalue weighted by molar-refractivity contribution is 5.93. The topological polar surface area (TPSA) is 116 Å². The summed E-state index contributed by atoms with van der Waals surface area (Å²) in [6.07, 6.45) is 22.7. The van der Waals surface area contributed by atoms with Crippen molar-refractivity contribution in [1.82, 2.24) is 21.3 Å².